The van der Waals surface area contributed by atoms with E-state index < -0.39 is 0 Å². The number of hydrogen-bond acceptors (Lipinski definition) is 4. The van der Waals surface area contributed by atoms with Crippen molar-refractivity contribution in [3.05, 3.63) is 39.9 Å². The van der Waals surface area contributed by atoms with Crippen LogP contribution < -0.4 is 5.32 Å². The second-order valence-electron chi connectivity index (χ2n) is 5.89. The van der Waals surface area contributed by atoms with E-state index in [1.807, 2.05) is 6.07 Å². The second-order valence-corrected chi connectivity index (χ2v) is 5.89. The minimum absolute atomic E-state index is 0.179. The van der Waals surface area contributed by atoms with Gasteiger partial charge < -0.3 is 5.32 Å². The molecule has 2 rings (SSSR count). The van der Waals surface area contributed by atoms with Crippen molar-refractivity contribution in [1.82, 2.24) is 10.2 Å². The first-order chi connectivity index (χ1) is 9.49. The number of nitro groups is 1. The number of benzene rings is 1. The highest BCUT2D eigenvalue weighted by atomic mass is 16.6. The van der Waals surface area contributed by atoms with E-state index in [2.05, 4.69) is 31.1 Å². The maximum atomic E-state index is 10.9. The van der Waals surface area contributed by atoms with Crippen molar-refractivity contribution in [1.29, 1.82) is 0 Å². The van der Waals surface area contributed by atoms with Crippen LogP contribution in [0.1, 0.15) is 31.9 Å². The highest BCUT2D eigenvalue weighted by Gasteiger charge is 2.33. The molecule has 0 radical (unpaired) electrons. The highest BCUT2D eigenvalue weighted by Crippen LogP contribution is 2.36. The molecule has 1 saturated heterocycles. The fraction of sp³-hybridized carbons (Fsp3) is 0.600. The van der Waals surface area contributed by atoms with Crippen LogP contribution in [-0.2, 0) is 0 Å². The van der Waals surface area contributed by atoms with Crippen molar-refractivity contribution in [2.45, 2.75) is 32.4 Å². The third-order valence-corrected chi connectivity index (χ3v) is 3.98. The first-order valence-electron chi connectivity index (χ1n) is 7.17. The van der Waals surface area contributed by atoms with Crippen LogP contribution in [0, 0.1) is 16.0 Å². The standard InChI is InChI=1S/C15H23N3O2/c1-11(2)16-10-13-7-8-17(3)15(13)12-5-4-6-14(9-12)18(19)20/h4-6,9,11,13,15-16H,7-8,10H2,1-3H3. The van der Waals surface area contributed by atoms with Crippen molar-refractivity contribution in [2.75, 3.05) is 20.1 Å². The molecule has 1 aromatic carbocycles. The zero-order valence-corrected chi connectivity index (χ0v) is 12.4. The van der Waals surface area contributed by atoms with Gasteiger partial charge in [-0.25, -0.2) is 0 Å². The summed E-state index contributed by atoms with van der Waals surface area (Å²) in [5.74, 6) is 0.504. The predicted molar refractivity (Wildman–Crippen MR) is 79.7 cm³/mol. The SMILES string of the molecule is CC(C)NCC1CCN(C)C1c1cccc([N+](=O)[O-])c1. The van der Waals surface area contributed by atoms with E-state index >= 15 is 0 Å². The third-order valence-electron chi connectivity index (χ3n) is 3.98. The number of hydrogen-bond donors (Lipinski definition) is 1. The van der Waals surface area contributed by atoms with Gasteiger partial charge >= 0.3 is 0 Å². The van der Waals surface area contributed by atoms with Crippen LogP contribution in [0.15, 0.2) is 24.3 Å². The molecule has 1 aliphatic rings. The normalized spacial score (nSPS) is 23.4. The second kappa shape index (κ2) is 6.33. The van der Waals surface area contributed by atoms with Gasteiger partial charge in [0.1, 0.15) is 0 Å². The van der Waals surface area contributed by atoms with Crippen LogP contribution in [0.4, 0.5) is 5.69 Å². The number of likely N-dealkylation sites (tertiary alicyclic amines) is 1. The Bertz CT molecular complexity index is 476. The number of nitro benzene ring substituents is 1. The first kappa shape index (κ1) is 14.9. The monoisotopic (exact) mass is 277 g/mol. The van der Waals surface area contributed by atoms with Gasteiger partial charge in [-0.1, -0.05) is 26.0 Å². The Morgan fingerprint density at radius 3 is 2.90 bits per heavy atom. The molecule has 0 aromatic heterocycles. The van der Waals surface area contributed by atoms with Gasteiger partial charge in [0.2, 0.25) is 0 Å². The van der Waals surface area contributed by atoms with Gasteiger partial charge in [0, 0.05) is 30.8 Å². The fourth-order valence-corrected chi connectivity index (χ4v) is 2.98. The van der Waals surface area contributed by atoms with Crippen LogP contribution in [0.2, 0.25) is 0 Å². The largest absolute Gasteiger partial charge is 0.314 e. The van der Waals surface area contributed by atoms with Crippen LogP contribution in [0.25, 0.3) is 0 Å². The molecule has 0 amide bonds. The van der Waals surface area contributed by atoms with Crippen molar-refractivity contribution in [2.24, 2.45) is 5.92 Å². The van der Waals surface area contributed by atoms with E-state index in [1.54, 1.807) is 18.2 Å². The van der Waals surface area contributed by atoms with E-state index in [9.17, 15) is 10.1 Å². The van der Waals surface area contributed by atoms with Crippen molar-refractivity contribution >= 4 is 5.69 Å². The van der Waals surface area contributed by atoms with E-state index in [0.717, 1.165) is 25.1 Å². The lowest BCUT2D eigenvalue weighted by atomic mass is 9.93. The Labute approximate surface area is 120 Å². The molecule has 1 fully saturated rings. The Morgan fingerprint density at radius 1 is 1.50 bits per heavy atom. The average molecular weight is 277 g/mol. The predicted octanol–water partition coefficient (Wildman–Crippen LogP) is 2.59. The van der Waals surface area contributed by atoms with E-state index in [4.69, 9.17) is 0 Å². The molecule has 5 heteroatoms. The molecule has 1 aliphatic heterocycles. The summed E-state index contributed by atoms with van der Waals surface area (Å²) < 4.78 is 0. The number of non-ortho nitro benzene ring substituents is 1. The maximum Gasteiger partial charge on any atom is 0.269 e. The number of rotatable bonds is 5. The smallest absolute Gasteiger partial charge is 0.269 e. The van der Waals surface area contributed by atoms with Crippen LogP contribution in [0.5, 0.6) is 0 Å². The molecule has 110 valence electrons. The summed E-state index contributed by atoms with van der Waals surface area (Å²) in [6, 6.07) is 7.79. The topological polar surface area (TPSA) is 58.4 Å². The van der Waals surface area contributed by atoms with Crippen molar-refractivity contribution in [3.8, 4) is 0 Å². The molecule has 1 N–H and O–H groups in total. The summed E-state index contributed by atoms with van der Waals surface area (Å²) in [6.07, 6.45) is 1.13. The Kier molecular flexibility index (Phi) is 4.73. The van der Waals surface area contributed by atoms with Crippen molar-refractivity contribution in [3.63, 3.8) is 0 Å². The molecule has 2 unspecified atom stereocenters. The fourth-order valence-electron chi connectivity index (χ4n) is 2.98. The van der Waals surface area contributed by atoms with Gasteiger partial charge in [-0.05, 0) is 31.5 Å². The van der Waals surface area contributed by atoms with Gasteiger partial charge in [-0.3, -0.25) is 15.0 Å². The molecular formula is C15H23N3O2. The Morgan fingerprint density at radius 2 is 2.25 bits per heavy atom. The highest BCUT2D eigenvalue weighted by molar-refractivity contribution is 5.36. The minimum atomic E-state index is -0.320. The summed E-state index contributed by atoms with van der Waals surface area (Å²) in [7, 11) is 2.10. The zero-order valence-electron chi connectivity index (χ0n) is 12.4. The molecule has 0 spiro atoms. The molecule has 0 bridgehead atoms. The summed E-state index contributed by atoms with van der Waals surface area (Å²) >= 11 is 0. The van der Waals surface area contributed by atoms with E-state index in [0.29, 0.717) is 12.0 Å². The van der Waals surface area contributed by atoms with Crippen molar-refractivity contribution < 1.29 is 4.92 Å². The van der Waals surface area contributed by atoms with E-state index in [-0.39, 0.29) is 16.7 Å². The van der Waals surface area contributed by atoms with Gasteiger partial charge in [0.15, 0.2) is 0 Å². The molecular weight excluding hydrogens is 254 g/mol. The third kappa shape index (κ3) is 3.35. The van der Waals surface area contributed by atoms with Crippen LogP contribution in [-0.4, -0.2) is 36.0 Å². The molecule has 5 nitrogen and oxygen atoms in total. The molecule has 0 aliphatic carbocycles. The maximum absolute atomic E-state index is 10.9. The summed E-state index contributed by atoms with van der Waals surface area (Å²) in [5, 5.41) is 14.4. The average Bonchev–Trinajstić information content (AvgIpc) is 2.77. The Balaban J connectivity index is 2.19. The van der Waals surface area contributed by atoms with Crippen LogP contribution in [0.3, 0.4) is 0 Å². The van der Waals surface area contributed by atoms with Gasteiger partial charge in [-0.2, -0.15) is 0 Å². The molecule has 1 heterocycles. The zero-order chi connectivity index (χ0) is 14.7. The summed E-state index contributed by atoms with van der Waals surface area (Å²) in [6.45, 7) is 6.27. The van der Waals surface area contributed by atoms with Gasteiger partial charge in [0.25, 0.3) is 5.69 Å². The van der Waals surface area contributed by atoms with Gasteiger partial charge in [0.05, 0.1) is 4.92 Å². The molecule has 1 aromatic rings. The summed E-state index contributed by atoms with van der Waals surface area (Å²) in [4.78, 5) is 12.9. The lowest BCUT2D eigenvalue weighted by Crippen LogP contribution is -2.32. The minimum Gasteiger partial charge on any atom is -0.314 e. The lowest BCUT2D eigenvalue weighted by Gasteiger charge is -2.26. The number of nitrogens with zero attached hydrogens (tertiary/aromatic N) is 2. The molecule has 0 saturated carbocycles. The first-order valence-corrected chi connectivity index (χ1v) is 7.17. The lowest BCUT2D eigenvalue weighted by molar-refractivity contribution is -0.385. The van der Waals surface area contributed by atoms with E-state index in [1.165, 1.54) is 0 Å². The number of nitrogens with one attached hydrogen (secondary N) is 1. The molecule has 2 atom stereocenters. The summed E-state index contributed by atoms with van der Waals surface area (Å²) in [5.41, 5.74) is 1.23. The Hall–Kier alpha value is -1.46. The molecule has 20 heavy (non-hydrogen) atoms. The van der Waals surface area contributed by atoms with Gasteiger partial charge in [-0.15, -0.1) is 0 Å². The quantitative estimate of drug-likeness (QED) is 0.664. The van der Waals surface area contributed by atoms with Crippen LogP contribution >= 0.6 is 0 Å².